The van der Waals surface area contributed by atoms with E-state index in [0.717, 1.165) is 16.9 Å². The smallest absolute Gasteiger partial charge is 0.168 e. The van der Waals surface area contributed by atoms with Crippen LogP contribution in [0.15, 0.2) is 54.6 Å². The summed E-state index contributed by atoms with van der Waals surface area (Å²) in [5.74, 6) is 0.593. The summed E-state index contributed by atoms with van der Waals surface area (Å²) in [6, 6.07) is 17.1. The summed E-state index contributed by atoms with van der Waals surface area (Å²) in [7, 11) is 4.62. The summed E-state index contributed by atoms with van der Waals surface area (Å²) in [5, 5.41) is 0. The van der Waals surface area contributed by atoms with Crippen LogP contribution in [-0.2, 0) is 41.5 Å². The monoisotopic (exact) mass is 418 g/mol. The van der Waals surface area contributed by atoms with Gasteiger partial charge in [0, 0.05) is 20.6 Å². The van der Waals surface area contributed by atoms with Crippen LogP contribution in [-0.4, -0.2) is 59.5 Å². The van der Waals surface area contributed by atoms with Crippen molar-refractivity contribution in [1.82, 2.24) is 0 Å². The molecule has 0 aliphatic carbocycles. The second-order valence-corrected chi connectivity index (χ2v) is 6.60. The van der Waals surface area contributed by atoms with Gasteiger partial charge in [-0.05, 0) is 23.3 Å². The Kier molecular flexibility index (Phi) is 11.1. The van der Waals surface area contributed by atoms with Gasteiger partial charge in [0.2, 0.25) is 0 Å². The molecule has 0 heterocycles. The fourth-order valence-electron chi connectivity index (χ4n) is 2.84. The molecule has 0 aliphatic heterocycles. The number of hydrogen-bond acceptors (Lipinski definition) is 7. The van der Waals surface area contributed by atoms with Gasteiger partial charge in [-0.15, -0.1) is 0 Å². The molecule has 164 valence electrons. The number of Topliss-reactive ketones (excluding diaryl/α,β-unsaturated/α-hetero) is 1. The number of hydrogen-bond donors (Lipinski definition) is 0. The average Bonchev–Trinajstić information content (AvgIpc) is 2.78. The summed E-state index contributed by atoms with van der Waals surface area (Å²) in [5.41, 5.74) is 1.88. The number of methoxy groups -OCH3 is 3. The minimum Gasteiger partial charge on any atom is -0.497 e. The zero-order valence-corrected chi connectivity index (χ0v) is 17.7. The predicted octanol–water partition coefficient (Wildman–Crippen LogP) is 3.00. The number of ether oxygens (including phenoxy) is 6. The lowest BCUT2D eigenvalue weighted by atomic mass is 10.0. The first-order valence-corrected chi connectivity index (χ1v) is 9.66. The van der Waals surface area contributed by atoms with Gasteiger partial charge in [-0.3, -0.25) is 4.79 Å². The van der Waals surface area contributed by atoms with Crippen LogP contribution in [0.5, 0.6) is 5.75 Å². The Balaban J connectivity index is 2.04. The van der Waals surface area contributed by atoms with Crippen LogP contribution in [0, 0.1) is 0 Å². The second-order valence-electron chi connectivity index (χ2n) is 6.60. The molecule has 0 unspecified atom stereocenters. The van der Waals surface area contributed by atoms with Gasteiger partial charge < -0.3 is 28.4 Å². The molecule has 0 amide bonds. The van der Waals surface area contributed by atoms with E-state index in [0.29, 0.717) is 6.61 Å². The van der Waals surface area contributed by atoms with Gasteiger partial charge in [0.1, 0.15) is 31.5 Å². The van der Waals surface area contributed by atoms with Crippen LogP contribution < -0.4 is 4.74 Å². The maximum absolute atomic E-state index is 13.0. The number of benzene rings is 2. The lowest BCUT2D eigenvalue weighted by molar-refractivity contribution is -0.180. The van der Waals surface area contributed by atoms with Gasteiger partial charge >= 0.3 is 0 Å². The summed E-state index contributed by atoms with van der Waals surface area (Å²) in [6.07, 6.45) is -1.32. The topological polar surface area (TPSA) is 72.5 Å². The normalized spacial score (nSPS) is 13.0. The second kappa shape index (κ2) is 13.8. The minimum absolute atomic E-state index is 0.0159. The van der Waals surface area contributed by atoms with Gasteiger partial charge in [0.15, 0.2) is 5.78 Å². The number of ketones is 1. The van der Waals surface area contributed by atoms with Gasteiger partial charge in [0.05, 0.1) is 20.3 Å². The molecule has 0 radical (unpaired) electrons. The van der Waals surface area contributed by atoms with Crippen molar-refractivity contribution in [1.29, 1.82) is 0 Å². The summed E-state index contributed by atoms with van der Waals surface area (Å²) < 4.78 is 32.4. The highest BCUT2D eigenvalue weighted by Gasteiger charge is 2.30. The first-order valence-electron chi connectivity index (χ1n) is 9.66. The Bertz CT molecular complexity index is 718. The van der Waals surface area contributed by atoms with Crippen molar-refractivity contribution in [3.05, 3.63) is 65.7 Å². The van der Waals surface area contributed by atoms with Crippen molar-refractivity contribution in [3.63, 3.8) is 0 Å². The standard InChI is InChI=1S/C23H30O7/c1-25-16-29-22(15-28-14-19-7-5-4-6-8-19)23(30-17-26-2)21(24)13-18-9-11-20(27-3)12-10-18/h4-12,22-23H,13-17H2,1-3H3/t22-,23-/m0/s1. The molecule has 0 spiro atoms. The Morgan fingerprint density at radius 2 is 1.50 bits per heavy atom. The van der Waals surface area contributed by atoms with Gasteiger partial charge in [-0.1, -0.05) is 42.5 Å². The highest BCUT2D eigenvalue weighted by Crippen LogP contribution is 2.16. The summed E-state index contributed by atoms with van der Waals surface area (Å²) in [6.45, 7) is 0.547. The molecule has 30 heavy (non-hydrogen) atoms. The van der Waals surface area contributed by atoms with Crippen LogP contribution in [0.2, 0.25) is 0 Å². The van der Waals surface area contributed by atoms with Crippen LogP contribution >= 0.6 is 0 Å². The zero-order chi connectivity index (χ0) is 21.6. The van der Waals surface area contributed by atoms with E-state index in [1.807, 2.05) is 54.6 Å². The Morgan fingerprint density at radius 1 is 0.833 bits per heavy atom. The molecular formula is C23H30O7. The number of rotatable bonds is 15. The van der Waals surface area contributed by atoms with Crippen LogP contribution in [0.25, 0.3) is 0 Å². The van der Waals surface area contributed by atoms with Crippen LogP contribution in [0.1, 0.15) is 11.1 Å². The van der Waals surface area contributed by atoms with Crippen LogP contribution in [0.4, 0.5) is 0 Å². The molecule has 7 heteroatoms. The largest absolute Gasteiger partial charge is 0.497 e. The molecule has 2 aromatic carbocycles. The molecule has 2 rings (SSSR count). The Labute approximate surface area is 177 Å². The maximum Gasteiger partial charge on any atom is 0.168 e. The van der Waals surface area contributed by atoms with Crippen LogP contribution in [0.3, 0.4) is 0 Å². The fourth-order valence-corrected chi connectivity index (χ4v) is 2.84. The number of carbonyl (C=O) groups is 1. The lowest BCUT2D eigenvalue weighted by Gasteiger charge is -2.26. The van der Waals surface area contributed by atoms with Gasteiger partial charge in [-0.25, -0.2) is 0 Å². The van der Waals surface area contributed by atoms with Gasteiger partial charge in [-0.2, -0.15) is 0 Å². The molecule has 0 saturated heterocycles. The van der Waals surface area contributed by atoms with E-state index in [4.69, 9.17) is 28.4 Å². The van der Waals surface area contributed by atoms with Crippen molar-refractivity contribution >= 4 is 5.78 Å². The Morgan fingerprint density at radius 3 is 2.13 bits per heavy atom. The SMILES string of the molecule is COCO[C@@H](COCc1ccccc1)[C@@H](OCOC)C(=O)Cc1ccc(OC)cc1. The first-order chi connectivity index (χ1) is 14.7. The van der Waals surface area contributed by atoms with Crippen molar-refractivity contribution < 1.29 is 33.2 Å². The Hall–Kier alpha value is -2.29. The van der Waals surface area contributed by atoms with E-state index < -0.39 is 12.2 Å². The molecule has 0 fully saturated rings. The fraction of sp³-hybridized carbons (Fsp3) is 0.435. The molecule has 2 atom stereocenters. The molecule has 2 aromatic rings. The summed E-state index contributed by atoms with van der Waals surface area (Å²) >= 11 is 0. The highest BCUT2D eigenvalue weighted by atomic mass is 16.7. The van der Waals surface area contributed by atoms with Crippen molar-refractivity contribution in [2.24, 2.45) is 0 Å². The molecule has 0 aliphatic rings. The van der Waals surface area contributed by atoms with E-state index in [1.165, 1.54) is 14.2 Å². The van der Waals surface area contributed by atoms with E-state index in [9.17, 15) is 4.79 Å². The number of carbonyl (C=O) groups excluding carboxylic acids is 1. The van der Waals surface area contributed by atoms with E-state index in [2.05, 4.69) is 0 Å². The van der Waals surface area contributed by atoms with Crippen molar-refractivity contribution in [2.75, 3.05) is 41.5 Å². The molecule has 0 N–H and O–H groups in total. The third-order valence-electron chi connectivity index (χ3n) is 4.35. The molecule has 0 aromatic heterocycles. The molecule has 0 bridgehead atoms. The quantitative estimate of drug-likeness (QED) is 0.412. The van der Waals surface area contributed by atoms with E-state index in [-0.39, 0.29) is 32.4 Å². The first kappa shape index (κ1) is 24.0. The maximum atomic E-state index is 13.0. The third kappa shape index (κ3) is 8.22. The van der Waals surface area contributed by atoms with E-state index >= 15 is 0 Å². The van der Waals surface area contributed by atoms with E-state index in [1.54, 1.807) is 7.11 Å². The summed E-state index contributed by atoms with van der Waals surface area (Å²) in [4.78, 5) is 13.0. The highest BCUT2D eigenvalue weighted by molar-refractivity contribution is 5.85. The average molecular weight is 418 g/mol. The molecule has 7 nitrogen and oxygen atoms in total. The third-order valence-corrected chi connectivity index (χ3v) is 4.35. The van der Waals surface area contributed by atoms with Gasteiger partial charge in [0.25, 0.3) is 0 Å². The molecule has 0 saturated carbocycles. The predicted molar refractivity (Wildman–Crippen MR) is 111 cm³/mol. The molecular weight excluding hydrogens is 388 g/mol. The zero-order valence-electron chi connectivity index (χ0n) is 17.7. The minimum atomic E-state index is -0.863. The van der Waals surface area contributed by atoms with Crippen molar-refractivity contribution in [2.45, 2.75) is 25.2 Å². The van der Waals surface area contributed by atoms with Crippen molar-refractivity contribution in [3.8, 4) is 5.75 Å². The lowest BCUT2D eigenvalue weighted by Crippen LogP contribution is -2.43.